The van der Waals surface area contributed by atoms with Crippen LogP contribution >= 0.6 is 0 Å². The van der Waals surface area contributed by atoms with E-state index in [2.05, 4.69) is 9.12 Å². The fraction of sp³-hybridized carbons (Fsp3) is 0.529. The topological polar surface area (TPSA) is 123 Å². The Morgan fingerprint density at radius 3 is 3.08 bits per heavy atom. The molecule has 0 radical (unpaired) electrons. The Morgan fingerprint density at radius 2 is 2.35 bits per heavy atom. The van der Waals surface area contributed by atoms with Crippen LogP contribution in [0.2, 0.25) is 0 Å². The van der Waals surface area contributed by atoms with E-state index in [1.807, 2.05) is 0 Å². The summed E-state index contributed by atoms with van der Waals surface area (Å²) < 4.78 is 24.1. The third-order valence-corrected chi connectivity index (χ3v) is 5.22. The number of anilines is 1. The lowest BCUT2D eigenvalue weighted by Crippen LogP contribution is -2.49. The van der Waals surface area contributed by atoms with E-state index in [-0.39, 0.29) is 17.7 Å². The molecule has 2 aliphatic heterocycles. The number of nitrogens with two attached hydrogens (primary N) is 1. The van der Waals surface area contributed by atoms with Gasteiger partial charge in [0.25, 0.3) is 5.91 Å². The molecule has 26 heavy (non-hydrogen) atoms. The summed E-state index contributed by atoms with van der Waals surface area (Å²) in [6.45, 7) is 4.62. The first-order valence-corrected chi connectivity index (χ1v) is 9.67. The SMILES string of the molecule is CC(C)(O)C(=O)N1CCC[C@H](COc2cccc3c2C(N)=N[S+]([O-])N3)C1. The summed E-state index contributed by atoms with van der Waals surface area (Å²) in [5, 5.41) is 9.93. The zero-order chi connectivity index (χ0) is 18.9. The molecule has 1 unspecified atom stereocenters. The number of carbonyl (C=O) groups is 1. The van der Waals surface area contributed by atoms with Crippen molar-refractivity contribution in [1.82, 2.24) is 4.90 Å². The van der Waals surface area contributed by atoms with Gasteiger partial charge in [0.15, 0.2) is 5.84 Å². The number of benzene rings is 1. The maximum atomic E-state index is 12.3. The summed E-state index contributed by atoms with van der Waals surface area (Å²) in [5.41, 5.74) is 5.77. The molecule has 3 rings (SSSR count). The molecule has 0 spiro atoms. The number of fused-ring (bicyclic) bond motifs is 1. The first-order chi connectivity index (χ1) is 12.3. The van der Waals surface area contributed by atoms with Crippen molar-refractivity contribution in [3.63, 3.8) is 0 Å². The zero-order valence-corrected chi connectivity index (χ0v) is 15.7. The second-order valence-electron chi connectivity index (χ2n) is 7.14. The third-order valence-electron chi connectivity index (χ3n) is 4.47. The number of piperidine rings is 1. The fourth-order valence-electron chi connectivity index (χ4n) is 3.23. The van der Waals surface area contributed by atoms with Gasteiger partial charge in [0.05, 0.1) is 17.9 Å². The summed E-state index contributed by atoms with van der Waals surface area (Å²) in [7, 11) is 0. The fourth-order valence-corrected chi connectivity index (χ4v) is 3.91. The Hall–Kier alpha value is -1.97. The van der Waals surface area contributed by atoms with Crippen molar-refractivity contribution < 1.29 is 19.2 Å². The van der Waals surface area contributed by atoms with Crippen molar-refractivity contribution in [1.29, 1.82) is 0 Å². The number of amides is 1. The Bertz CT molecular complexity index is 719. The van der Waals surface area contributed by atoms with Gasteiger partial charge < -0.3 is 25.0 Å². The van der Waals surface area contributed by atoms with E-state index >= 15 is 0 Å². The van der Waals surface area contributed by atoms with E-state index in [4.69, 9.17) is 10.5 Å². The minimum absolute atomic E-state index is 0.162. The maximum Gasteiger partial charge on any atom is 0.253 e. The van der Waals surface area contributed by atoms with Crippen LogP contribution in [0, 0.1) is 5.92 Å². The molecule has 4 N–H and O–H groups in total. The highest BCUT2D eigenvalue weighted by Crippen LogP contribution is 2.31. The average Bonchev–Trinajstić information content (AvgIpc) is 2.58. The number of amidine groups is 1. The number of nitrogens with zero attached hydrogens (tertiary/aromatic N) is 2. The van der Waals surface area contributed by atoms with Gasteiger partial charge in [-0.05, 0) is 43.2 Å². The third kappa shape index (κ3) is 4.05. The number of nitrogens with one attached hydrogen (secondary N) is 1. The summed E-state index contributed by atoms with van der Waals surface area (Å²) in [4.78, 5) is 14.0. The van der Waals surface area contributed by atoms with Gasteiger partial charge in [-0.3, -0.25) is 4.79 Å². The van der Waals surface area contributed by atoms with Gasteiger partial charge in [-0.1, -0.05) is 6.07 Å². The highest BCUT2D eigenvalue weighted by Gasteiger charge is 2.33. The van der Waals surface area contributed by atoms with Crippen LogP contribution in [0.15, 0.2) is 22.6 Å². The Labute approximate surface area is 155 Å². The maximum absolute atomic E-state index is 12.3. The number of ether oxygens (including phenoxy) is 1. The van der Waals surface area contributed by atoms with Gasteiger partial charge in [0, 0.05) is 19.0 Å². The minimum atomic E-state index is -1.58. The summed E-state index contributed by atoms with van der Waals surface area (Å²) in [6, 6.07) is 5.35. The molecule has 2 heterocycles. The Balaban J connectivity index is 1.67. The van der Waals surface area contributed by atoms with E-state index in [1.54, 1.807) is 23.1 Å². The van der Waals surface area contributed by atoms with Gasteiger partial charge in [-0.25, -0.2) is 0 Å². The number of carbonyl (C=O) groups excluding carboxylic acids is 1. The van der Waals surface area contributed by atoms with E-state index in [0.29, 0.717) is 36.7 Å². The van der Waals surface area contributed by atoms with E-state index in [0.717, 1.165) is 12.8 Å². The molecular formula is C17H24N4O4S. The molecule has 1 aromatic carbocycles. The van der Waals surface area contributed by atoms with Crippen LogP contribution in [0.5, 0.6) is 5.75 Å². The van der Waals surface area contributed by atoms with Crippen molar-refractivity contribution in [2.24, 2.45) is 16.0 Å². The molecule has 2 atom stereocenters. The highest BCUT2D eigenvalue weighted by atomic mass is 32.2. The molecule has 2 aliphatic rings. The predicted molar refractivity (Wildman–Crippen MR) is 100 cm³/mol. The largest absolute Gasteiger partial charge is 0.566 e. The minimum Gasteiger partial charge on any atom is -0.566 e. The first-order valence-electron chi connectivity index (χ1n) is 8.56. The molecule has 0 bridgehead atoms. The van der Waals surface area contributed by atoms with Crippen LogP contribution in [-0.2, 0) is 16.3 Å². The number of likely N-dealkylation sites (tertiary alicyclic amines) is 1. The number of aliphatic hydroxyl groups is 1. The number of rotatable bonds is 4. The van der Waals surface area contributed by atoms with Crippen LogP contribution < -0.4 is 15.2 Å². The van der Waals surface area contributed by atoms with Gasteiger partial charge in [-0.2, -0.15) is 4.72 Å². The van der Waals surface area contributed by atoms with Crippen molar-refractivity contribution >= 4 is 29.0 Å². The highest BCUT2D eigenvalue weighted by molar-refractivity contribution is 7.91. The first kappa shape index (κ1) is 18.8. The van der Waals surface area contributed by atoms with Crippen molar-refractivity contribution in [2.75, 3.05) is 24.4 Å². The average molecular weight is 380 g/mol. The van der Waals surface area contributed by atoms with Gasteiger partial charge in [-0.15, -0.1) is 0 Å². The summed E-state index contributed by atoms with van der Waals surface area (Å²) in [6.07, 6.45) is 1.81. The van der Waals surface area contributed by atoms with Gasteiger partial charge >= 0.3 is 0 Å². The van der Waals surface area contributed by atoms with Gasteiger partial charge in [0.2, 0.25) is 11.5 Å². The molecule has 0 saturated carbocycles. The lowest BCUT2D eigenvalue weighted by atomic mass is 9.97. The van der Waals surface area contributed by atoms with Gasteiger partial charge in [0.1, 0.15) is 11.4 Å². The van der Waals surface area contributed by atoms with E-state index in [9.17, 15) is 14.5 Å². The van der Waals surface area contributed by atoms with Crippen LogP contribution in [0.4, 0.5) is 5.69 Å². The molecule has 1 saturated heterocycles. The van der Waals surface area contributed by atoms with Crippen LogP contribution in [0.25, 0.3) is 0 Å². The molecule has 0 aromatic heterocycles. The Morgan fingerprint density at radius 1 is 1.58 bits per heavy atom. The summed E-state index contributed by atoms with van der Waals surface area (Å²) >= 11 is -1.58. The monoisotopic (exact) mass is 380 g/mol. The number of hydrogen-bond acceptors (Lipinski definition) is 7. The molecular weight excluding hydrogens is 356 g/mol. The standard InChI is InChI=1S/C17H24N4O4S/c1-17(2,23)16(22)21-8-4-5-11(9-21)10-25-13-7-3-6-12-14(13)15(18)20-26(24)19-12/h3,6-7,11,19,23H,4-5,8-10H2,1-2H3,(H2,18,20)/t11-,26?/m0/s1. The van der Waals surface area contributed by atoms with Crippen LogP contribution in [-0.4, -0.2) is 51.6 Å². The zero-order valence-electron chi connectivity index (χ0n) is 14.9. The second kappa shape index (κ2) is 7.34. The van der Waals surface area contributed by atoms with Crippen molar-refractivity contribution in [2.45, 2.75) is 32.3 Å². The Kier molecular flexibility index (Phi) is 5.31. The molecule has 1 aromatic rings. The molecule has 142 valence electrons. The van der Waals surface area contributed by atoms with Crippen molar-refractivity contribution in [3.8, 4) is 5.75 Å². The molecule has 1 amide bonds. The summed E-state index contributed by atoms with van der Waals surface area (Å²) in [5.74, 6) is 0.645. The van der Waals surface area contributed by atoms with Crippen LogP contribution in [0.3, 0.4) is 0 Å². The van der Waals surface area contributed by atoms with Crippen molar-refractivity contribution in [3.05, 3.63) is 23.8 Å². The second-order valence-corrected chi connectivity index (χ2v) is 8.02. The van der Waals surface area contributed by atoms with E-state index < -0.39 is 17.1 Å². The molecule has 1 fully saturated rings. The molecule has 9 heteroatoms. The smallest absolute Gasteiger partial charge is 0.253 e. The molecule has 0 aliphatic carbocycles. The van der Waals surface area contributed by atoms with E-state index in [1.165, 1.54) is 13.8 Å². The molecule has 8 nitrogen and oxygen atoms in total. The predicted octanol–water partition coefficient (Wildman–Crippen LogP) is 0.784. The van der Waals surface area contributed by atoms with Crippen LogP contribution in [0.1, 0.15) is 32.3 Å². The lowest BCUT2D eigenvalue weighted by molar-refractivity contribution is -0.149. The quantitative estimate of drug-likeness (QED) is 0.664. The number of hydrogen-bond donors (Lipinski definition) is 3. The normalized spacial score (nSPS) is 22.9. The lowest BCUT2D eigenvalue weighted by Gasteiger charge is -2.35.